The number of rotatable bonds is 2. The van der Waals surface area contributed by atoms with E-state index in [1.54, 1.807) is 14.2 Å². The topological polar surface area (TPSA) is 34.2 Å². The van der Waals surface area contributed by atoms with Crippen molar-refractivity contribution in [2.45, 2.75) is 6.92 Å². The number of H-pyrrole nitrogens is 1. The summed E-state index contributed by atoms with van der Waals surface area (Å²) in [5, 5.41) is 2.37. The van der Waals surface area contributed by atoms with Crippen LogP contribution in [0.3, 0.4) is 0 Å². The number of aromatic nitrogens is 1. The van der Waals surface area contributed by atoms with Gasteiger partial charge in [0.05, 0.1) is 19.7 Å². The summed E-state index contributed by atoms with van der Waals surface area (Å²) in [4.78, 5) is 3.39. The highest BCUT2D eigenvalue weighted by Crippen LogP contribution is 2.40. The third-order valence-electron chi connectivity index (χ3n) is 3.31. The number of ether oxygens (including phenoxy) is 2. The Morgan fingerprint density at radius 3 is 2.39 bits per heavy atom. The largest absolute Gasteiger partial charge is 0.493 e. The Morgan fingerprint density at radius 1 is 0.944 bits per heavy atom. The number of benzene rings is 2. The lowest BCUT2D eigenvalue weighted by Gasteiger charge is -2.11. The lowest BCUT2D eigenvalue weighted by Crippen LogP contribution is -1.94. The van der Waals surface area contributed by atoms with E-state index in [9.17, 15) is 0 Å². The Balaban J connectivity index is 2.51. The maximum atomic E-state index is 5.50. The number of aryl methyl sites for hydroxylation is 1. The Labute approximate surface area is 105 Å². The van der Waals surface area contributed by atoms with E-state index in [-0.39, 0.29) is 0 Å². The van der Waals surface area contributed by atoms with Crippen LogP contribution in [-0.2, 0) is 0 Å². The second kappa shape index (κ2) is 3.95. The molecule has 1 N–H and O–H groups in total. The number of hydrogen-bond acceptors (Lipinski definition) is 2. The van der Waals surface area contributed by atoms with E-state index in [4.69, 9.17) is 9.47 Å². The fraction of sp³-hybridized carbons (Fsp3) is 0.200. The molecular weight excluding hydrogens is 226 g/mol. The first-order chi connectivity index (χ1) is 8.76. The van der Waals surface area contributed by atoms with Crippen LogP contribution in [0.15, 0.2) is 30.3 Å². The smallest absolute Gasteiger partial charge is 0.185 e. The van der Waals surface area contributed by atoms with Crippen LogP contribution in [0.1, 0.15) is 5.56 Å². The van der Waals surface area contributed by atoms with Crippen molar-refractivity contribution in [1.29, 1.82) is 0 Å². The van der Waals surface area contributed by atoms with Crippen LogP contribution in [0, 0.1) is 6.92 Å². The van der Waals surface area contributed by atoms with Gasteiger partial charge in [0, 0.05) is 16.3 Å². The van der Waals surface area contributed by atoms with E-state index in [1.165, 1.54) is 10.8 Å². The number of nitrogens with one attached hydrogen (secondary N) is 1. The molecule has 0 spiro atoms. The summed E-state index contributed by atoms with van der Waals surface area (Å²) < 4.78 is 10.9. The quantitative estimate of drug-likeness (QED) is 0.743. The SMILES string of the molecule is COc1c(C)cc2c([nH]c3ccccc32)c1OC. The van der Waals surface area contributed by atoms with Crippen molar-refractivity contribution in [2.75, 3.05) is 14.2 Å². The Hall–Kier alpha value is -2.16. The molecule has 18 heavy (non-hydrogen) atoms. The van der Waals surface area contributed by atoms with Crippen molar-refractivity contribution in [3.63, 3.8) is 0 Å². The standard InChI is InChI=1S/C15H15NO2/c1-9-8-11-10-6-4-5-7-12(10)16-13(11)15(18-3)14(9)17-2/h4-8,16H,1-3H3. The zero-order valence-electron chi connectivity index (χ0n) is 10.7. The Morgan fingerprint density at radius 2 is 1.67 bits per heavy atom. The monoisotopic (exact) mass is 241 g/mol. The number of fused-ring (bicyclic) bond motifs is 3. The second-order valence-electron chi connectivity index (χ2n) is 4.35. The van der Waals surface area contributed by atoms with Gasteiger partial charge in [-0.2, -0.15) is 0 Å². The zero-order chi connectivity index (χ0) is 12.7. The minimum Gasteiger partial charge on any atom is -0.493 e. The average Bonchev–Trinajstić information content (AvgIpc) is 2.75. The molecule has 0 radical (unpaired) electrons. The number of methoxy groups -OCH3 is 2. The summed E-state index contributed by atoms with van der Waals surface area (Å²) in [7, 11) is 3.33. The van der Waals surface area contributed by atoms with Gasteiger partial charge >= 0.3 is 0 Å². The van der Waals surface area contributed by atoms with Crippen molar-refractivity contribution < 1.29 is 9.47 Å². The molecule has 3 rings (SSSR count). The van der Waals surface area contributed by atoms with Gasteiger partial charge in [0.25, 0.3) is 0 Å². The van der Waals surface area contributed by atoms with Gasteiger partial charge in [0.15, 0.2) is 11.5 Å². The predicted octanol–water partition coefficient (Wildman–Crippen LogP) is 3.65. The minimum absolute atomic E-state index is 0.767. The molecule has 1 heterocycles. The summed E-state index contributed by atoms with van der Waals surface area (Å²) in [6.45, 7) is 2.03. The van der Waals surface area contributed by atoms with Gasteiger partial charge in [-0.3, -0.25) is 0 Å². The normalized spacial score (nSPS) is 11.1. The minimum atomic E-state index is 0.767. The molecule has 1 aromatic heterocycles. The van der Waals surface area contributed by atoms with E-state index in [0.717, 1.165) is 28.1 Å². The molecule has 3 heteroatoms. The summed E-state index contributed by atoms with van der Waals surface area (Å²) in [5.74, 6) is 1.56. The van der Waals surface area contributed by atoms with Crippen LogP contribution < -0.4 is 9.47 Å². The molecule has 92 valence electrons. The summed E-state index contributed by atoms with van der Waals surface area (Å²) in [6.07, 6.45) is 0. The van der Waals surface area contributed by atoms with Gasteiger partial charge < -0.3 is 14.5 Å². The second-order valence-corrected chi connectivity index (χ2v) is 4.35. The predicted molar refractivity (Wildman–Crippen MR) is 73.6 cm³/mol. The molecule has 0 aliphatic heterocycles. The first-order valence-electron chi connectivity index (χ1n) is 5.88. The van der Waals surface area contributed by atoms with Gasteiger partial charge in [0.2, 0.25) is 0 Å². The molecule has 0 unspecified atom stereocenters. The van der Waals surface area contributed by atoms with Crippen LogP contribution >= 0.6 is 0 Å². The van der Waals surface area contributed by atoms with Gasteiger partial charge in [-0.25, -0.2) is 0 Å². The molecule has 0 saturated carbocycles. The summed E-state index contributed by atoms with van der Waals surface area (Å²) >= 11 is 0. The lowest BCUT2D eigenvalue weighted by atomic mass is 10.1. The molecular formula is C15H15NO2. The van der Waals surface area contributed by atoms with Crippen LogP contribution in [0.4, 0.5) is 0 Å². The fourth-order valence-corrected chi connectivity index (χ4v) is 2.52. The maximum Gasteiger partial charge on any atom is 0.185 e. The molecule has 3 nitrogen and oxygen atoms in total. The maximum absolute atomic E-state index is 5.50. The first kappa shape index (κ1) is 11.0. The van der Waals surface area contributed by atoms with Gasteiger partial charge in [-0.15, -0.1) is 0 Å². The van der Waals surface area contributed by atoms with Crippen molar-refractivity contribution in [3.05, 3.63) is 35.9 Å². The first-order valence-corrected chi connectivity index (χ1v) is 5.88. The molecule has 0 aliphatic rings. The molecule has 0 bridgehead atoms. The summed E-state index contributed by atoms with van der Waals surface area (Å²) in [6, 6.07) is 10.4. The van der Waals surface area contributed by atoms with Gasteiger partial charge in [-0.05, 0) is 24.6 Å². The van der Waals surface area contributed by atoms with E-state index in [0.29, 0.717) is 0 Å². The van der Waals surface area contributed by atoms with E-state index in [2.05, 4.69) is 23.2 Å². The van der Waals surface area contributed by atoms with Crippen LogP contribution in [0.2, 0.25) is 0 Å². The van der Waals surface area contributed by atoms with Crippen molar-refractivity contribution >= 4 is 21.8 Å². The fourth-order valence-electron chi connectivity index (χ4n) is 2.52. The highest BCUT2D eigenvalue weighted by atomic mass is 16.5. The van der Waals surface area contributed by atoms with Crippen LogP contribution in [0.5, 0.6) is 11.5 Å². The zero-order valence-corrected chi connectivity index (χ0v) is 10.7. The van der Waals surface area contributed by atoms with Crippen LogP contribution in [-0.4, -0.2) is 19.2 Å². The number of para-hydroxylation sites is 1. The molecule has 0 fully saturated rings. The summed E-state index contributed by atoms with van der Waals surface area (Å²) in [5.41, 5.74) is 3.17. The highest BCUT2D eigenvalue weighted by Gasteiger charge is 2.15. The molecule has 2 aromatic carbocycles. The van der Waals surface area contributed by atoms with E-state index >= 15 is 0 Å². The average molecular weight is 241 g/mol. The van der Waals surface area contributed by atoms with Crippen molar-refractivity contribution in [3.8, 4) is 11.5 Å². The molecule has 3 aromatic rings. The van der Waals surface area contributed by atoms with Crippen LogP contribution in [0.25, 0.3) is 21.8 Å². The third-order valence-corrected chi connectivity index (χ3v) is 3.31. The molecule has 0 saturated heterocycles. The third kappa shape index (κ3) is 1.37. The molecule has 0 amide bonds. The van der Waals surface area contributed by atoms with E-state index in [1.807, 2.05) is 19.1 Å². The van der Waals surface area contributed by atoms with E-state index < -0.39 is 0 Å². The van der Waals surface area contributed by atoms with Gasteiger partial charge in [-0.1, -0.05) is 18.2 Å². The van der Waals surface area contributed by atoms with Crippen molar-refractivity contribution in [2.24, 2.45) is 0 Å². The Kier molecular flexibility index (Phi) is 2.40. The van der Waals surface area contributed by atoms with Gasteiger partial charge in [0.1, 0.15) is 0 Å². The lowest BCUT2D eigenvalue weighted by molar-refractivity contribution is 0.356. The number of aromatic amines is 1. The highest BCUT2D eigenvalue weighted by molar-refractivity contribution is 6.10. The molecule has 0 aliphatic carbocycles. The molecule has 0 atom stereocenters. The Bertz CT molecular complexity index is 728. The van der Waals surface area contributed by atoms with Crippen molar-refractivity contribution in [1.82, 2.24) is 4.98 Å². The number of hydrogen-bond donors (Lipinski definition) is 1.